The molecule has 0 aliphatic heterocycles. The highest BCUT2D eigenvalue weighted by Crippen LogP contribution is 2.11. The number of amides is 1. The van der Waals surface area contributed by atoms with Crippen LogP contribution >= 0.6 is 11.6 Å². The lowest BCUT2D eigenvalue weighted by atomic mass is 10.1. The highest BCUT2D eigenvalue weighted by Gasteiger charge is 2.08. The zero-order valence-electron chi connectivity index (χ0n) is 12.9. The average Bonchev–Trinajstić information content (AvgIpc) is 2.53. The molecule has 0 saturated heterocycles. The molecule has 116 valence electrons. The first-order valence-electron chi connectivity index (χ1n) is 7.71. The summed E-state index contributed by atoms with van der Waals surface area (Å²) in [5, 5.41) is 3.79. The molecule has 2 aromatic carbocycles. The van der Waals surface area contributed by atoms with E-state index in [0.29, 0.717) is 6.42 Å². The van der Waals surface area contributed by atoms with Crippen molar-refractivity contribution in [1.82, 2.24) is 5.32 Å². The van der Waals surface area contributed by atoms with Crippen molar-refractivity contribution in [2.24, 2.45) is 0 Å². The van der Waals surface area contributed by atoms with E-state index in [9.17, 15) is 4.79 Å². The lowest BCUT2D eigenvalue weighted by Gasteiger charge is -2.14. The van der Waals surface area contributed by atoms with Gasteiger partial charge in [0.25, 0.3) is 0 Å². The van der Waals surface area contributed by atoms with Crippen LogP contribution in [0.25, 0.3) is 0 Å². The van der Waals surface area contributed by atoms with Gasteiger partial charge in [-0.15, -0.1) is 0 Å². The Bertz CT molecular complexity index is 580. The predicted octanol–water partition coefficient (Wildman–Crippen LogP) is 4.41. The summed E-state index contributed by atoms with van der Waals surface area (Å²) >= 11 is 5.85. The Balaban J connectivity index is 1.68. The molecule has 2 aromatic rings. The van der Waals surface area contributed by atoms with Crippen molar-refractivity contribution in [3.8, 4) is 0 Å². The fourth-order valence-corrected chi connectivity index (χ4v) is 2.48. The van der Waals surface area contributed by atoms with Gasteiger partial charge in [-0.1, -0.05) is 54.1 Å². The van der Waals surface area contributed by atoms with E-state index in [1.807, 2.05) is 42.5 Å². The number of benzene rings is 2. The predicted molar refractivity (Wildman–Crippen MR) is 92.1 cm³/mol. The van der Waals surface area contributed by atoms with E-state index < -0.39 is 0 Å². The van der Waals surface area contributed by atoms with Crippen LogP contribution in [-0.4, -0.2) is 11.9 Å². The summed E-state index contributed by atoms with van der Waals surface area (Å²) in [5.41, 5.74) is 2.45. The van der Waals surface area contributed by atoms with Crippen LogP contribution in [0, 0.1) is 0 Å². The van der Waals surface area contributed by atoms with Crippen molar-refractivity contribution in [2.45, 2.75) is 38.6 Å². The first kappa shape index (κ1) is 16.6. The monoisotopic (exact) mass is 315 g/mol. The minimum Gasteiger partial charge on any atom is -0.354 e. The van der Waals surface area contributed by atoms with Crippen LogP contribution in [-0.2, 0) is 17.6 Å². The zero-order valence-corrected chi connectivity index (χ0v) is 13.6. The van der Waals surface area contributed by atoms with Crippen molar-refractivity contribution in [3.63, 3.8) is 0 Å². The van der Waals surface area contributed by atoms with Gasteiger partial charge in [0.15, 0.2) is 0 Å². The second-order valence-electron chi connectivity index (χ2n) is 5.62. The van der Waals surface area contributed by atoms with E-state index in [1.54, 1.807) is 0 Å². The van der Waals surface area contributed by atoms with E-state index in [4.69, 9.17) is 11.6 Å². The summed E-state index contributed by atoms with van der Waals surface area (Å²) in [5.74, 6) is 0.107. The van der Waals surface area contributed by atoms with Crippen LogP contribution in [0.5, 0.6) is 0 Å². The Labute approximate surface area is 137 Å². The Kier molecular flexibility index (Phi) is 6.47. The van der Waals surface area contributed by atoms with Crippen LogP contribution in [0.2, 0.25) is 5.02 Å². The van der Waals surface area contributed by atoms with Gasteiger partial charge in [0, 0.05) is 17.5 Å². The molecule has 2 rings (SSSR count). The van der Waals surface area contributed by atoms with Gasteiger partial charge in [0.2, 0.25) is 5.91 Å². The van der Waals surface area contributed by atoms with Crippen molar-refractivity contribution in [3.05, 3.63) is 70.7 Å². The largest absolute Gasteiger partial charge is 0.354 e. The standard InChI is InChI=1S/C19H22ClNO/c1-15(7-8-16-5-3-2-4-6-16)21-19(22)14-11-17-9-12-18(20)13-10-17/h2-6,9-10,12-13,15H,7-8,11,14H2,1H3,(H,21,22)/t15-/m0/s1. The minimum atomic E-state index is 0.107. The van der Waals surface area contributed by atoms with Gasteiger partial charge < -0.3 is 5.32 Å². The topological polar surface area (TPSA) is 29.1 Å². The molecule has 1 amide bonds. The Hall–Kier alpha value is -1.80. The molecule has 0 saturated carbocycles. The second-order valence-corrected chi connectivity index (χ2v) is 6.06. The summed E-state index contributed by atoms with van der Waals surface area (Å²) in [4.78, 5) is 12.0. The first-order chi connectivity index (χ1) is 10.6. The Morgan fingerprint density at radius 1 is 1.00 bits per heavy atom. The summed E-state index contributed by atoms with van der Waals surface area (Å²) in [6.45, 7) is 2.06. The summed E-state index contributed by atoms with van der Waals surface area (Å²) < 4.78 is 0. The molecule has 2 nitrogen and oxygen atoms in total. The maximum atomic E-state index is 12.0. The fraction of sp³-hybridized carbons (Fsp3) is 0.316. The third-order valence-corrected chi connectivity index (χ3v) is 3.92. The highest BCUT2D eigenvalue weighted by atomic mass is 35.5. The van der Waals surface area contributed by atoms with Crippen LogP contribution < -0.4 is 5.32 Å². The maximum absolute atomic E-state index is 12.0. The molecule has 0 bridgehead atoms. The summed E-state index contributed by atoms with van der Waals surface area (Å²) in [6.07, 6.45) is 3.20. The molecule has 0 aliphatic rings. The molecule has 0 aliphatic carbocycles. The number of halogens is 1. The van der Waals surface area contributed by atoms with E-state index in [0.717, 1.165) is 29.8 Å². The normalized spacial score (nSPS) is 11.9. The third-order valence-electron chi connectivity index (χ3n) is 3.67. The van der Waals surface area contributed by atoms with Crippen molar-refractivity contribution in [1.29, 1.82) is 0 Å². The van der Waals surface area contributed by atoms with Gasteiger partial charge in [-0.3, -0.25) is 4.79 Å². The summed E-state index contributed by atoms with van der Waals surface area (Å²) in [6, 6.07) is 18.2. The lowest BCUT2D eigenvalue weighted by Crippen LogP contribution is -2.33. The fourth-order valence-electron chi connectivity index (χ4n) is 2.36. The van der Waals surface area contributed by atoms with Gasteiger partial charge in [0.05, 0.1) is 0 Å². The smallest absolute Gasteiger partial charge is 0.220 e. The van der Waals surface area contributed by atoms with Crippen LogP contribution in [0.3, 0.4) is 0 Å². The van der Waals surface area contributed by atoms with Crippen molar-refractivity contribution < 1.29 is 4.79 Å². The van der Waals surface area contributed by atoms with Gasteiger partial charge in [-0.25, -0.2) is 0 Å². The van der Waals surface area contributed by atoms with Crippen LogP contribution in [0.15, 0.2) is 54.6 Å². The highest BCUT2D eigenvalue weighted by molar-refractivity contribution is 6.30. The minimum absolute atomic E-state index is 0.107. The van der Waals surface area contributed by atoms with Gasteiger partial charge >= 0.3 is 0 Å². The number of nitrogens with one attached hydrogen (secondary N) is 1. The van der Waals surface area contributed by atoms with Gasteiger partial charge in [-0.05, 0) is 49.4 Å². The number of rotatable bonds is 7. The zero-order chi connectivity index (χ0) is 15.8. The molecule has 0 aromatic heterocycles. The van der Waals surface area contributed by atoms with Gasteiger partial charge in [-0.2, -0.15) is 0 Å². The molecule has 1 atom stereocenters. The quantitative estimate of drug-likeness (QED) is 0.805. The van der Waals surface area contributed by atoms with Crippen LogP contribution in [0.1, 0.15) is 30.9 Å². The van der Waals surface area contributed by atoms with Gasteiger partial charge in [0.1, 0.15) is 0 Å². The van der Waals surface area contributed by atoms with Crippen LogP contribution in [0.4, 0.5) is 0 Å². The molecule has 3 heteroatoms. The molecule has 0 heterocycles. The Morgan fingerprint density at radius 3 is 2.32 bits per heavy atom. The number of hydrogen-bond donors (Lipinski definition) is 1. The van der Waals surface area contributed by atoms with E-state index in [2.05, 4.69) is 24.4 Å². The second kappa shape index (κ2) is 8.60. The van der Waals surface area contributed by atoms with Crippen molar-refractivity contribution in [2.75, 3.05) is 0 Å². The molecular formula is C19H22ClNO. The van der Waals surface area contributed by atoms with E-state index >= 15 is 0 Å². The first-order valence-corrected chi connectivity index (χ1v) is 8.09. The maximum Gasteiger partial charge on any atom is 0.220 e. The Morgan fingerprint density at radius 2 is 1.64 bits per heavy atom. The molecule has 0 spiro atoms. The third kappa shape index (κ3) is 5.90. The molecule has 0 radical (unpaired) electrons. The lowest BCUT2D eigenvalue weighted by molar-refractivity contribution is -0.121. The van der Waals surface area contributed by atoms with E-state index in [-0.39, 0.29) is 11.9 Å². The van der Waals surface area contributed by atoms with Crippen molar-refractivity contribution >= 4 is 17.5 Å². The van der Waals surface area contributed by atoms with E-state index in [1.165, 1.54) is 5.56 Å². The number of carbonyl (C=O) groups is 1. The average molecular weight is 316 g/mol. The number of aryl methyl sites for hydroxylation is 2. The molecule has 1 N–H and O–H groups in total. The number of carbonyl (C=O) groups excluding carboxylic acids is 1. The number of hydrogen-bond acceptors (Lipinski definition) is 1. The molecule has 0 unspecified atom stereocenters. The summed E-state index contributed by atoms with van der Waals surface area (Å²) in [7, 11) is 0. The molecular weight excluding hydrogens is 294 g/mol. The SMILES string of the molecule is C[C@@H](CCc1ccccc1)NC(=O)CCc1ccc(Cl)cc1. The molecule has 22 heavy (non-hydrogen) atoms. The molecule has 0 fully saturated rings.